The zero-order chi connectivity index (χ0) is 15.2. The van der Waals surface area contributed by atoms with Crippen LogP contribution in [-0.4, -0.2) is 43.1 Å². The van der Waals surface area contributed by atoms with Crippen LogP contribution in [0.25, 0.3) is 10.9 Å². The van der Waals surface area contributed by atoms with Gasteiger partial charge in [0.25, 0.3) is 0 Å². The van der Waals surface area contributed by atoms with E-state index in [1.807, 2.05) is 24.3 Å². The van der Waals surface area contributed by atoms with Gasteiger partial charge >= 0.3 is 6.03 Å². The lowest BCUT2D eigenvalue weighted by Crippen LogP contribution is -2.37. The van der Waals surface area contributed by atoms with Crippen LogP contribution in [-0.2, 0) is 0 Å². The third-order valence-electron chi connectivity index (χ3n) is 3.01. The van der Waals surface area contributed by atoms with Crippen LogP contribution in [0.4, 0.5) is 10.5 Å². The minimum absolute atomic E-state index is 0.142. The minimum Gasteiger partial charge on any atom is -0.382 e. The molecule has 1 aromatic carbocycles. The molecule has 0 unspecified atom stereocenters. The van der Waals surface area contributed by atoms with E-state index >= 15 is 0 Å². The first kappa shape index (κ1) is 14.6. The average molecular weight is 283 g/mol. The van der Waals surface area contributed by atoms with Crippen molar-refractivity contribution in [3.05, 3.63) is 36.0 Å². The number of urea groups is 1. The van der Waals surface area contributed by atoms with Crippen molar-refractivity contribution in [2.75, 3.05) is 32.5 Å². The maximum atomic E-state index is 11.4. The topological polar surface area (TPSA) is 81.0 Å². The number of para-hydroxylation sites is 1. The number of nitrogens with zero attached hydrogens (tertiary/aromatic N) is 3. The van der Waals surface area contributed by atoms with Crippen molar-refractivity contribution in [1.82, 2.24) is 15.2 Å². The molecule has 108 valence electrons. The maximum absolute atomic E-state index is 11.4. The summed E-state index contributed by atoms with van der Waals surface area (Å²) in [4.78, 5) is 17.1. The predicted octanol–water partition coefficient (Wildman–Crippen LogP) is 1.79. The summed E-state index contributed by atoms with van der Waals surface area (Å²) in [5.41, 5.74) is 2.08. The molecule has 0 aliphatic heterocycles. The van der Waals surface area contributed by atoms with Gasteiger partial charge in [-0.3, -0.25) is 4.98 Å². The van der Waals surface area contributed by atoms with Crippen LogP contribution >= 0.6 is 0 Å². The Balaban J connectivity index is 2.11. The number of anilines is 1. The molecule has 0 saturated carbocycles. The van der Waals surface area contributed by atoms with Gasteiger partial charge in [-0.15, -0.1) is 0 Å². The van der Waals surface area contributed by atoms with Gasteiger partial charge in [-0.25, -0.2) is 4.79 Å². The van der Waals surface area contributed by atoms with E-state index in [0.717, 1.165) is 16.6 Å². The summed E-state index contributed by atoms with van der Waals surface area (Å²) in [7, 11) is 3.37. The van der Waals surface area contributed by atoms with Crippen LogP contribution in [0.2, 0.25) is 0 Å². The number of hydrogen-bond donors (Lipinski definition) is 2. The van der Waals surface area contributed by atoms with E-state index in [-0.39, 0.29) is 6.03 Å². The molecule has 1 heterocycles. The van der Waals surface area contributed by atoms with Crippen LogP contribution in [0.15, 0.2) is 30.5 Å². The number of amides is 2. The number of benzene rings is 1. The molecule has 0 fully saturated rings. The number of fused-ring (bicyclic) bond motifs is 1. The van der Waals surface area contributed by atoms with E-state index in [0.29, 0.717) is 18.7 Å². The Labute approximate surface area is 123 Å². The largest absolute Gasteiger partial charge is 0.382 e. The highest BCUT2D eigenvalue weighted by Crippen LogP contribution is 2.24. The first-order valence-electron chi connectivity index (χ1n) is 6.60. The molecule has 0 atom stereocenters. The second-order valence-corrected chi connectivity index (χ2v) is 4.73. The zero-order valence-corrected chi connectivity index (χ0v) is 12.1. The zero-order valence-electron chi connectivity index (χ0n) is 12.1. The van der Waals surface area contributed by atoms with E-state index in [1.54, 1.807) is 20.3 Å². The van der Waals surface area contributed by atoms with Gasteiger partial charge in [0.15, 0.2) is 0 Å². The third-order valence-corrected chi connectivity index (χ3v) is 3.01. The number of hydrogen-bond acceptors (Lipinski definition) is 4. The Morgan fingerprint density at radius 2 is 2.10 bits per heavy atom. The van der Waals surface area contributed by atoms with E-state index in [4.69, 9.17) is 0 Å². The fourth-order valence-electron chi connectivity index (χ4n) is 1.93. The van der Waals surface area contributed by atoms with Gasteiger partial charge < -0.3 is 15.5 Å². The summed E-state index contributed by atoms with van der Waals surface area (Å²) in [6.07, 6.45) is 1.56. The minimum atomic E-state index is -0.142. The van der Waals surface area contributed by atoms with Crippen molar-refractivity contribution in [2.45, 2.75) is 0 Å². The number of nitrogens with one attached hydrogen (secondary N) is 2. The van der Waals surface area contributed by atoms with Crippen molar-refractivity contribution in [2.24, 2.45) is 0 Å². The molecule has 6 heteroatoms. The first-order valence-corrected chi connectivity index (χ1v) is 6.60. The molecule has 6 nitrogen and oxygen atoms in total. The molecule has 2 rings (SSSR count). The second-order valence-electron chi connectivity index (χ2n) is 4.73. The Morgan fingerprint density at radius 3 is 2.81 bits per heavy atom. The number of carbonyl (C=O) groups excluding carboxylic acids is 1. The van der Waals surface area contributed by atoms with Crippen LogP contribution in [0.5, 0.6) is 0 Å². The molecule has 0 radical (unpaired) electrons. The number of rotatable bonds is 4. The van der Waals surface area contributed by atoms with Crippen LogP contribution < -0.4 is 10.6 Å². The van der Waals surface area contributed by atoms with Gasteiger partial charge in [-0.2, -0.15) is 5.26 Å². The molecule has 2 aromatic rings. The highest BCUT2D eigenvalue weighted by Gasteiger charge is 2.08. The Bertz CT molecular complexity index is 690. The van der Waals surface area contributed by atoms with Crippen LogP contribution in [0, 0.1) is 11.3 Å². The SMILES string of the molecule is CN(C)C(=O)NCCNc1c(C#N)cnc2ccccc12. The standard InChI is InChI=1S/C15H17N5O/c1-20(2)15(21)18-8-7-17-14-11(9-16)10-19-13-6-4-3-5-12(13)14/h3-6,10H,7-8H2,1-2H3,(H,17,19)(H,18,21). The molecule has 0 bridgehead atoms. The third kappa shape index (κ3) is 3.39. The van der Waals surface area contributed by atoms with Gasteiger partial charge in [0.05, 0.1) is 16.8 Å². The summed E-state index contributed by atoms with van der Waals surface area (Å²) in [5.74, 6) is 0. The monoisotopic (exact) mass is 283 g/mol. The second kappa shape index (κ2) is 6.57. The normalized spacial score (nSPS) is 9.95. The summed E-state index contributed by atoms with van der Waals surface area (Å²) in [6.45, 7) is 1.00. The Hall–Kier alpha value is -2.81. The lowest BCUT2D eigenvalue weighted by molar-refractivity contribution is 0.218. The molecule has 2 amide bonds. The molecular weight excluding hydrogens is 266 g/mol. The molecule has 0 saturated heterocycles. The fraction of sp³-hybridized carbons (Fsp3) is 0.267. The van der Waals surface area contributed by atoms with E-state index in [9.17, 15) is 10.1 Å². The van der Waals surface area contributed by atoms with Crippen molar-refractivity contribution in [3.8, 4) is 6.07 Å². The van der Waals surface area contributed by atoms with Crippen molar-refractivity contribution in [1.29, 1.82) is 5.26 Å². The van der Waals surface area contributed by atoms with Gasteiger partial charge in [0.1, 0.15) is 6.07 Å². The highest BCUT2D eigenvalue weighted by atomic mass is 16.2. The summed E-state index contributed by atoms with van der Waals surface area (Å²) in [5, 5.41) is 16.1. The number of carbonyl (C=O) groups is 1. The quantitative estimate of drug-likeness (QED) is 0.838. The van der Waals surface area contributed by atoms with Crippen LogP contribution in [0.1, 0.15) is 5.56 Å². The molecular formula is C15H17N5O. The van der Waals surface area contributed by atoms with Gasteiger partial charge in [-0.1, -0.05) is 18.2 Å². The molecule has 0 aliphatic rings. The Morgan fingerprint density at radius 1 is 1.33 bits per heavy atom. The van der Waals surface area contributed by atoms with Crippen LogP contribution in [0.3, 0.4) is 0 Å². The molecule has 0 spiro atoms. The van der Waals surface area contributed by atoms with E-state index in [1.165, 1.54) is 4.90 Å². The highest BCUT2D eigenvalue weighted by molar-refractivity contribution is 5.93. The smallest absolute Gasteiger partial charge is 0.316 e. The maximum Gasteiger partial charge on any atom is 0.316 e. The van der Waals surface area contributed by atoms with Gasteiger partial charge in [0, 0.05) is 38.8 Å². The fourth-order valence-corrected chi connectivity index (χ4v) is 1.93. The first-order chi connectivity index (χ1) is 10.1. The lowest BCUT2D eigenvalue weighted by Gasteiger charge is -2.14. The lowest BCUT2D eigenvalue weighted by atomic mass is 10.1. The van der Waals surface area contributed by atoms with Crippen molar-refractivity contribution >= 4 is 22.6 Å². The Kier molecular flexibility index (Phi) is 4.57. The summed E-state index contributed by atoms with van der Waals surface area (Å²) in [6, 6.07) is 9.62. The average Bonchev–Trinajstić information content (AvgIpc) is 2.50. The van der Waals surface area contributed by atoms with Crippen molar-refractivity contribution < 1.29 is 4.79 Å². The molecule has 1 aromatic heterocycles. The summed E-state index contributed by atoms with van der Waals surface area (Å²) < 4.78 is 0. The number of aromatic nitrogens is 1. The van der Waals surface area contributed by atoms with Gasteiger partial charge in [-0.05, 0) is 6.07 Å². The molecule has 0 aliphatic carbocycles. The number of pyridine rings is 1. The molecule has 21 heavy (non-hydrogen) atoms. The summed E-state index contributed by atoms with van der Waals surface area (Å²) >= 11 is 0. The van der Waals surface area contributed by atoms with E-state index < -0.39 is 0 Å². The predicted molar refractivity (Wildman–Crippen MR) is 82.0 cm³/mol. The van der Waals surface area contributed by atoms with Crippen molar-refractivity contribution in [3.63, 3.8) is 0 Å². The number of nitriles is 1. The van der Waals surface area contributed by atoms with Gasteiger partial charge in [0.2, 0.25) is 0 Å². The van der Waals surface area contributed by atoms with E-state index in [2.05, 4.69) is 21.7 Å². The molecule has 2 N–H and O–H groups in total.